The standard InChI is InChI=1S/C22H21N3O2S/c1-16-10-11-19(15-17(16)2)26-13-14-28-22-24-23-21(20-9-6-12-27-20)25(22)18-7-4-3-5-8-18/h3-12,15H,13-14H2,1-2H3. The fourth-order valence-corrected chi connectivity index (χ4v) is 3.60. The van der Waals surface area contributed by atoms with E-state index in [1.807, 2.05) is 53.1 Å². The zero-order valence-corrected chi connectivity index (χ0v) is 16.6. The van der Waals surface area contributed by atoms with Crippen LogP contribution in [0.4, 0.5) is 0 Å². The average molecular weight is 391 g/mol. The van der Waals surface area contributed by atoms with Gasteiger partial charge in [0, 0.05) is 11.4 Å². The van der Waals surface area contributed by atoms with Crippen LogP contribution in [-0.4, -0.2) is 27.1 Å². The van der Waals surface area contributed by atoms with Crippen molar-refractivity contribution in [3.63, 3.8) is 0 Å². The van der Waals surface area contributed by atoms with Crippen molar-refractivity contribution >= 4 is 11.8 Å². The largest absolute Gasteiger partial charge is 0.493 e. The van der Waals surface area contributed by atoms with Gasteiger partial charge in [0.15, 0.2) is 10.9 Å². The van der Waals surface area contributed by atoms with E-state index in [4.69, 9.17) is 9.15 Å². The number of rotatable bonds is 7. The van der Waals surface area contributed by atoms with Crippen molar-refractivity contribution < 1.29 is 9.15 Å². The third kappa shape index (κ3) is 3.97. The highest BCUT2D eigenvalue weighted by Gasteiger charge is 2.17. The molecule has 0 amide bonds. The van der Waals surface area contributed by atoms with E-state index in [0.717, 1.165) is 22.3 Å². The normalized spacial score (nSPS) is 10.9. The molecule has 0 saturated heterocycles. The van der Waals surface area contributed by atoms with Crippen molar-refractivity contribution in [3.8, 4) is 23.0 Å². The molecule has 0 saturated carbocycles. The molecule has 4 aromatic rings. The lowest BCUT2D eigenvalue weighted by molar-refractivity contribution is 0.343. The highest BCUT2D eigenvalue weighted by atomic mass is 32.2. The number of ether oxygens (including phenoxy) is 1. The molecular weight excluding hydrogens is 370 g/mol. The molecule has 5 nitrogen and oxygen atoms in total. The minimum atomic E-state index is 0.588. The maximum absolute atomic E-state index is 5.89. The van der Waals surface area contributed by atoms with E-state index in [-0.39, 0.29) is 0 Å². The summed E-state index contributed by atoms with van der Waals surface area (Å²) in [6.07, 6.45) is 1.64. The summed E-state index contributed by atoms with van der Waals surface area (Å²) in [6, 6.07) is 20.0. The van der Waals surface area contributed by atoms with E-state index in [0.29, 0.717) is 18.2 Å². The van der Waals surface area contributed by atoms with Crippen LogP contribution in [0, 0.1) is 13.8 Å². The highest BCUT2D eigenvalue weighted by molar-refractivity contribution is 7.99. The molecule has 2 heterocycles. The Labute approximate surface area is 168 Å². The molecule has 0 fully saturated rings. The van der Waals surface area contributed by atoms with Gasteiger partial charge in [0.25, 0.3) is 0 Å². The molecule has 2 aromatic heterocycles. The molecule has 0 radical (unpaired) electrons. The number of aryl methyl sites for hydroxylation is 2. The number of hydrogen-bond acceptors (Lipinski definition) is 5. The SMILES string of the molecule is Cc1ccc(OCCSc2nnc(-c3ccco3)n2-c2ccccc2)cc1C. The Hall–Kier alpha value is -2.99. The molecule has 0 aliphatic heterocycles. The first-order chi connectivity index (χ1) is 13.7. The number of benzene rings is 2. The van der Waals surface area contributed by atoms with Crippen LogP contribution in [0.2, 0.25) is 0 Å². The van der Waals surface area contributed by atoms with Crippen molar-refractivity contribution in [2.45, 2.75) is 19.0 Å². The zero-order valence-electron chi connectivity index (χ0n) is 15.8. The molecule has 0 atom stereocenters. The molecule has 0 bridgehead atoms. The Morgan fingerprint density at radius 1 is 0.964 bits per heavy atom. The smallest absolute Gasteiger partial charge is 0.205 e. The van der Waals surface area contributed by atoms with Crippen LogP contribution in [0.5, 0.6) is 5.75 Å². The van der Waals surface area contributed by atoms with Gasteiger partial charge in [-0.05, 0) is 61.4 Å². The number of thioether (sulfide) groups is 1. The van der Waals surface area contributed by atoms with E-state index >= 15 is 0 Å². The van der Waals surface area contributed by atoms with Crippen molar-refractivity contribution in [2.24, 2.45) is 0 Å². The van der Waals surface area contributed by atoms with Gasteiger partial charge in [-0.25, -0.2) is 0 Å². The van der Waals surface area contributed by atoms with Crippen LogP contribution in [-0.2, 0) is 0 Å². The van der Waals surface area contributed by atoms with Crippen LogP contribution in [0.25, 0.3) is 17.3 Å². The monoisotopic (exact) mass is 391 g/mol. The lowest BCUT2D eigenvalue weighted by atomic mass is 10.1. The van der Waals surface area contributed by atoms with E-state index < -0.39 is 0 Å². The molecule has 142 valence electrons. The quantitative estimate of drug-likeness (QED) is 0.315. The van der Waals surface area contributed by atoms with Crippen LogP contribution < -0.4 is 4.74 Å². The Kier molecular flexibility index (Phi) is 5.48. The maximum Gasteiger partial charge on any atom is 0.205 e. The molecule has 2 aromatic carbocycles. The summed E-state index contributed by atoms with van der Waals surface area (Å²) in [5, 5.41) is 9.54. The van der Waals surface area contributed by atoms with Crippen molar-refractivity contribution in [2.75, 3.05) is 12.4 Å². The molecule has 6 heteroatoms. The van der Waals surface area contributed by atoms with Gasteiger partial charge in [-0.2, -0.15) is 0 Å². The van der Waals surface area contributed by atoms with E-state index in [1.165, 1.54) is 11.1 Å². The Balaban J connectivity index is 1.49. The summed E-state index contributed by atoms with van der Waals surface area (Å²) < 4.78 is 13.4. The second kappa shape index (κ2) is 8.35. The van der Waals surface area contributed by atoms with Gasteiger partial charge in [0.05, 0.1) is 12.9 Å². The van der Waals surface area contributed by atoms with E-state index in [9.17, 15) is 0 Å². The topological polar surface area (TPSA) is 53.1 Å². The van der Waals surface area contributed by atoms with Gasteiger partial charge in [0.2, 0.25) is 5.82 Å². The molecule has 0 aliphatic carbocycles. The maximum atomic E-state index is 5.89. The van der Waals surface area contributed by atoms with Crippen molar-refractivity contribution in [1.82, 2.24) is 14.8 Å². The molecule has 4 rings (SSSR count). The van der Waals surface area contributed by atoms with Gasteiger partial charge in [-0.1, -0.05) is 36.0 Å². The molecule has 0 aliphatic rings. The minimum absolute atomic E-state index is 0.588. The first kappa shape index (κ1) is 18.4. The predicted molar refractivity (Wildman–Crippen MR) is 111 cm³/mol. The van der Waals surface area contributed by atoms with Crippen LogP contribution in [0.15, 0.2) is 76.5 Å². The Morgan fingerprint density at radius 2 is 1.82 bits per heavy atom. The average Bonchev–Trinajstić information content (AvgIpc) is 3.38. The summed E-state index contributed by atoms with van der Waals surface area (Å²) in [5.74, 6) is 3.03. The molecule has 0 N–H and O–H groups in total. The molecule has 28 heavy (non-hydrogen) atoms. The van der Waals surface area contributed by atoms with Crippen molar-refractivity contribution in [1.29, 1.82) is 0 Å². The summed E-state index contributed by atoms with van der Waals surface area (Å²) in [6.45, 7) is 4.78. The van der Waals surface area contributed by atoms with Gasteiger partial charge in [0.1, 0.15) is 5.75 Å². The Bertz CT molecular complexity index is 1040. The molecule has 0 spiro atoms. The first-order valence-corrected chi connectivity index (χ1v) is 10.1. The first-order valence-electron chi connectivity index (χ1n) is 9.10. The summed E-state index contributed by atoms with van der Waals surface area (Å²) in [5.41, 5.74) is 3.50. The molecular formula is C22H21N3O2S. The second-order valence-corrected chi connectivity index (χ2v) is 7.46. The van der Waals surface area contributed by atoms with Gasteiger partial charge >= 0.3 is 0 Å². The van der Waals surface area contributed by atoms with E-state index in [1.54, 1.807) is 18.0 Å². The minimum Gasteiger partial charge on any atom is -0.493 e. The number of hydrogen-bond donors (Lipinski definition) is 0. The third-order valence-corrected chi connectivity index (χ3v) is 5.34. The lowest BCUT2D eigenvalue weighted by Crippen LogP contribution is -2.03. The predicted octanol–water partition coefficient (Wildman–Crippen LogP) is 5.32. The fraction of sp³-hybridized carbons (Fsp3) is 0.182. The number of nitrogens with zero attached hydrogens (tertiary/aromatic N) is 3. The molecule has 0 unspecified atom stereocenters. The number of furan rings is 1. The third-order valence-electron chi connectivity index (χ3n) is 4.45. The van der Waals surface area contributed by atoms with E-state index in [2.05, 4.69) is 36.2 Å². The second-order valence-electron chi connectivity index (χ2n) is 6.40. The summed E-state index contributed by atoms with van der Waals surface area (Å²) in [4.78, 5) is 0. The van der Waals surface area contributed by atoms with Gasteiger partial charge < -0.3 is 9.15 Å². The fourth-order valence-electron chi connectivity index (χ4n) is 2.83. The van der Waals surface area contributed by atoms with Crippen LogP contribution in [0.3, 0.4) is 0 Å². The van der Waals surface area contributed by atoms with Gasteiger partial charge in [-0.15, -0.1) is 10.2 Å². The van der Waals surface area contributed by atoms with Crippen LogP contribution in [0.1, 0.15) is 11.1 Å². The lowest BCUT2D eigenvalue weighted by Gasteiger charge is -2.10. The summed E-state index contributed by atoms with van der Waals surface area (Å²) in [7, 11) is 0. The highest BCUT2D eigenvalue weighted by Crippen LogP contribution is 2.28. The number of aromatic nitrogens is 3. The van der Waals surface area contributed by atoms with Gasteiger partial charge in [-0.3, -0.25) is 4.57 Å². The summed E-state index contributed by atoms with van der Waals surface area (Å²) >= 11 is 1.61. The van der Waals surface area contributed by atoms with Crippen molar-refractivity contribution in [3.05, 3.63) is 78.1 Å². The Morgan fingerprint density at radius 3 is 2.57 bits per heavy atom. The zero-order chi connectivity index (χ0) is 19.3. The number of para-hydroxylation sites is 1. The van der Waals surface area contributed by atoms with Crippen LogP contribution >= 0.6 is 11.8 Å².